The number of hydrogen-bond donors (Lipinski definition) is 2. The Bertz CT molecular complexity index is 4490. The number of hydrogen-bond acceptors (Lipinski definition) is 6. The van der Waals surface area contributed by atoms with E-state index in [-0.39, 0.29) is 0 Å². The van der Waals surface area contributed by atoms with Crippen LogP contribution in [0.3, 0.4) is 0 Å². The van der Waals surface area contributed by atoms with E-state index in [1.165, 1.54) is 33.7 Å². The average molecular weight is 1090 g/mol. The molecule has 0 aliphatic heterocycles. The summed E-state index contributed by atoms with van der Waals surface area (Å²) in [5.74, 6) is 0. The molecular formula is C76H60N8. The van der Waals surface area contributed by atoms with Gasteiger partial charge in [0.25, 0.3) is 0 Å². The molecular weight excluding hydrogens is 1020 g/mol. The summed E-state index contributed by atoms with van der Waals surface area (Å²) in [6.45, 7) is 10.5. The molecule has 0 unspecified atom stereocenters. The zero-order chi connectivity index (χ0) is 57.8. The van der Waals surface area contributed by atoms with Crippen LogP contribution in [0.15, 0.2) is 293 Å². The Morgan fingerprint density at radius 3 is 1.14 bits per heavy atom. The van der Waals surface area contributed by atoms with Crippen LogP contribution < -0.4 is 0 Å². The number of para-hydroxylation sites is 1. The minimum absolute atomic E-state index is 0.905. The summed E-state index contributed by atoms with van der Waals surface area (Å²) in [6, 6.07) is 81.1. The molecule has 2 N–H and O–H groups in total. The van der Waals surface area contributed by atoms with E-state index in [9.17, 15) is 0 Å². The van der Waals surface area contributed by atoms with Crippen LogP contribution in [0, 0.1) is 10.8 Å². The fraction of sp³-hybridized carbons (Fsp3) is 0.0263. The molecule has 6 aromatic heterocycles. The van der Waals surface area contributed by atoms with Gasteiger partial charge in [0.2, 0.25) is 0 Å². The lowest BCUT2D eigenvalue weighted by atomic mass is 9.97. The molecule has 14 aromatic rings. The summed E-state index contributed by atoms with van der Waals surface area (Å²) < 4.78 is 4.82. The van der Waals surface area contributed by atoms with Gasteiger partial charge in [-0.2, -0.15) is 0 Å². The van der Waals surface area contributed by atoms with Crippen molar-refractivity contribution in [3.63, 3.8) is 0 Å². The van der Waals surface area contributed by atoms with Crippen molar-refractivity contribution in [2.24, 2.45) is 0 Å². The average Bonchev–Trinajstić information content (AvgIpc) is 2.77. The van der Waals surface area contributed by atoms with Crippen molar-refractivity contribution in [1.82, 2.24) is 29.1 Å². The highest BCUT2D eigenvalue weighted by atomic mass is 15.0. The van der Waals surface area contributed by atoms with E-state index in [1.807, 2.05) is 87.6 Å². The van der Waals surface area contributed by atoms with Gasteiger partial charge in [-0.25, -0.2) is 0 Å². The molecule has 0 bridgehead atoms. The Kier molecular flexibility index (Phi) is 16.6. The van der Waals surface area contributed by atoms with Gasteiger partial charge in [0.05, 0.1) is 27.8 Å². The van der Waals surface area contributed by atoms with Crippen molar-refractivity contribution >= 4 is 56.0 Å². The molecule has 0 saturated heterocycles. The van der Waals surface area contributed by atoms with E-state index in [4.69, 9.17) is 10.8 Å². The second-order valence-corrected chi connectivity index (χ2v) is 19.6. The zero-order valence-electron chi connectivity index (χ0n) is 46.8. The molecule has 0 fully saturated rings. The fourth-order valence-electron chi connectivity index (χ4n) is 10.8. The molecule has 6 heterocycles. The smallest absolute Gasteiger partial charge is 0.0717 e. The van der Waals surface area contributed by atoms with E-state index < -0.39 is 0 Å². The van der Waals surface area contributed by atoms with Crippen molar-refractivity contribution in [3.8, 4) is 89.4 Å². The van der Waals surface area contributed by atoms with E-state index in [0.29, 0.717) is 0 Å². The zero-order valence-corrected chi connectivity index (χ0v) is 46.8. The molecule has 0 spiro atoms. The summed E-state index contributed by atoms with van der Waals surface area (Å²) in [7, 11) is 0. The first-order valence-corrected chi connectivity index (χ1v) is 27.9. The van der Waals surface area contributed by atoms with Gasteiger partial charge in [0.1, 0.15) is 0 Å². The van der Waals surface area contributed by atoms with E-state index >= 15 is 0 Å². The summed E-state index contributed by atoms with van der Waals surface area (Å²) in [5, 5.41) is 17.2. The molecule has 8 aromatic carbocycles. The number of nitrogens with one attached hydrogen (secondary N) is 2. The molecule has 0 amide bonds. The molecule has 8 heteroatoms. The van der Waals surface area contributed by atoms with Crippen molar-refractivity contribution < 1.29 is 0 Å². The maximum absolute atomic E-state index is 6.21. The normalized spacial score (nSPS) is 10.7. The summed E-state index contributed by atoms with van der Waals surface area (Å²) in [6.07, 6.45) is 18.2. The third kappa shape index (κ3) is 11.3. The van der Waals surface area contributed by atoms with Crippen molar-refractivity contribution in [1.29, 1.82) is 10.8 Å². The van der Waals surface area contributed by atoms with Crippen LogP contribution in [0.4, 0.5) is 0 Å². The summed E-state index contributed by atoms with van der Waals surface area (Å²) in [5.41, 5.74) is 22.2. The van der Waals surface area contributed by atoms with Crippen LogP contribution in [0.1, 0.15) is 13.8 Å². The number of pyridine rings is 4. The minimum Gasteiger partial charge on any atom is -0.309 e. The number of aromatic nitrogens is 6. The van der Waals surface area contributed by atoms with Crippen molar-refractivity contribution in [3.05, 3.63) is 293 Å². The second-order valence-electron chi connectivity index (χ2n) is 19.6. The van der Waals surface area contributed by atoms with Crippen molar-refractivity contribution in [2.75, 3.05) is 0 Å². The molecule has 14 rings (SSSR count). The molecule has 84 heavy (non-hydrogen) atoms. The first-order valence-electron chi connectivity index (χ1n) is 27.9. The first kappa shape index (κ1) is 54.7. The van der Waals surface area contributed by atoms with Gasteiger partial charge in [0, 0.05) is 111 Å². The van der Waals surface area contributed by atoms with Crippen LogP contribution >= 0.6 is 0 Å². The molecule has 8 nitrogen and oxygen atoms in total. The van der Waals surface area contributed by atoms with Gasteiger partial charge in [-0.05, 0) is 159 Å². The van der Waals surface area contributed by atoms with E-state index in [2.05, 4.69) is 236 Å². The van der Waals surface area contributed by atoms with Gasteiger partial charge in [-0.1, -0.05) is 154 Å². The molecule has 404 valence electrons. The predicted octanol–water partition coefficient (Wildman–Crippen LogP) is 19.8. The fourth-order valence-corrected chi connectivity index (χ4v) is 10.8. The van der Waals surface area contributed by atoms with Crippen molar-refractivity contribution in [2.45, 2.75) is 13.8 Å². The molecule has 0 radical (unpaired) electrons. The van der Waals surface area contributed by atoms with Crippen LogP contribution in [0.25, 0.3) is 133 Å². The Balaban J connectivity index is 0.000000688. The molecule has 0 aliphatic carbocycles. The van der Waals surface area contributed by atoms with Crippen LogP contribution in [0.5, 0.6) is 0 Å². The summed E-state index contributed by atoms with van der Waals surface area (Å²) >= 11 is 0. The molecule has 0 atom stereocenters. The maximum Gasteiger partial charge on any atom is 0.0717 e. The van der Waals surface area contributed by atoms with Gasteiger partial charge in [-0.15, -0.1) is 0 Å². The van der Waals surface area contributed by atoms with Gasteiger partial charge in [0.15, 0.2) is 0 Å². The third-order valence-electron chi connectivity index (χ3n) is 14.6. The largest absolute Gasteiger partial charge is 0.309 e. The maximum atomic E-state index is 6.21. The Labute approximate surface area is 489 Å². The number of rotatable bonds is 11. The lowest BCUT2D eigenvalue weighted by Gasteiger charge is -2.13. The lowest BCUT2D eigenvalue weighted by molar-refractivity contribution is 1.17. The number of fused-ring (bicyclic) bond motifs is 6. The minimum atomic E-state index is 0.905. The lowest BCUT2D eigenvalue weighted by Crippen LogP contribution is -1.96. The topological polar surface area (TPSA) is 109 Å². The van der Waals surface area contributed by atoms with Gasteiger partial charge >= 0.3 is 0 Å². The standard InChI is InChI=1S/C68H44N6.2C3H5N.C2H6/c1-2-23-65-60(21-1)61-40-53(56-35-57(44-71-43-56)64-22-3-4-32-72-64)26-29-66(61)73(65)58-19-7-15-49(36-58)50-16-8-20-59(37-50)74-67-27-24-51(45-11-5-13-47(33-45)54-17-9-30-69-41-54)38-62(67)63-39-52(25-28-68(63)74)46-12-6-14-48(34-46)55-18-10-31-70-42-55;2*1-2-3-4;1-2/h1-44H;2*2-4H,1H2;1-2H3. The monoisotopic (exact) mass is 1080 g/mol. The van der Waals surface area contributed by atoms with Gasteiger partial charge < -0.3 is 20.0 Å². The highest BCUT2D eigenvalue weighted by Gasteiger charge is 2.18. The molecule has 0 saturated carbocycles. The van der Waals surface area contributed by atoms with Gasteiger partial charge in [-0.3, -0.25) is 19.9 Å². The van der Waals surface area contributed by atoms with Crippen LogP contribution in [-0.4, -0.2) is 41.5 Å². The Morgan fingerprint density at radius 1 is 0.310 bits per heavy atom. The number of benzene rings is 8. The van der Waals surface area contributed by atoms with E-state index in [1.54, 1.807) is 0 Å². The highest BCUT2D eigenvalue weighted by Crippen LogP contribution is 2.41. The number of nitrogens with zero attached hydrogens (tertiary/aromatic N) is 6. The van der Waals surface area contributed by atoms with Crippen LogP contribution in [0.2, 0.25) is 0 Å². The Morgan fingerprint density at radius 2 is 0.679 bits per heavy atom. The second kappa shape index (κ2) is 25.5. The third-order valence-corrected chi connectivity index (χ3v) is 14.6. The number of allylic oxidation sites excluding steroid dienone is 2. The summed E-state index contributed by atoms with van der Waals surface area (Å²) in [4.78, 5) is 18.0. The molecule has 0 aliphatic rings. The predicted molar refractivity (Wildman–Crippen MR) is 354 cm³/mol. The quantitative estimate of drug-likeness (QED) is 0.126. The SMILES string of the molecule is C=CC=N.C=CC=N.CC.c1ccc(-c2cncc(-c3ccc4c(c3)c3ccccc3n4-c3cccc(-c4cccc(-n5c6ccc(-c7cccc(-c8cccnc8)c7)cc6c6cc(-c7cccc(-c8cccnc8)c7)ccc65)c4)c3)c2)nc1. The van der Waals surface area contributed by atoms with Crippen LogP contribution in [-0.2, 0) is 0 Å². The highest BCUT2D eigenvalue weighted by molar-refractivity contribution is 6.12. The Hall–Kier alpha value is -11.2. The van der Waals surface area contributed by atoms with E-state index in [0.717, 1.165) is 124 Å². The first-order chi connectivity index (χ1) is 41.5.